The lowest BCUT2D eigenvalue weighted by atomic mass is 10.1. The summed E-state index contributed by atoms with van der Waals surface area (Å²) in [6, 6.07) is 14.5. The maximum Gasteiger partial charge on any atom is 0.269 e. The summed E-state index contributed by atoms with van der Waals surface area (Å²) in [4.78, 5) is 10.1. The van der Waals surface area contributed by atoms with Crippen molar-refractivity contribution in [2.45, 2.75) is 0 Å². The van der Waals surface area contributed by atoms with E-state index in [9.17, 15) is 10.1 Å². The highest BCUT2D eigenvalue weighted by Gasteiger charge is 2.06. The van der Waals surface area contributed by atoms with E-state index < -0.39 is 0 Å². The Balaban J connectivity index is 2.43. The molecule has 0 saturated carbocycles. The SMILES string of the molecule is O=[N+]([O-])c1ccc(-c2ccccc2I)cc1. The monoisotopic (exact) mass is 325 g/mol. The number of nitrogens with zero attached hydrogens (tertiary/aromatic N) is 1. The normalized spacial score (nSPS) is 10.1. The molecular formula is C12H8INO2. The molecule has 0 radical (unpaired) electrons. The van der Waals surface area contributed by atoms with Gasteiger partial charge in [0.15, 0.2) is 0 Å². The fraction of sp³-hybridized carbons (Fsp3) is 0. The van der Waals surface area contributed by atoms with E-state index in [-0.39, 0.29) is 10.6 Å². The molecule has 4 heteroatoms. The number of halogens is 1. The minimum atomic E-state index is -0.389. The molecule has 0 saturated heterocycles. The van der Waals surface area contributed by atoms with Crippen LogP contribution in [0.15, 0.2) is 48.5 Å². The summed E-state index contributed by atoms with van der Waals surface area (Å²) < 4.78 is 1.13. The first-order valence-electron chi connectivity index (χ1n) is 4.68. The van der Waals surface area contributed by atoms with Crippen LogP contribution in [0.1, 0.15) is 0 Å². The van der Waals surface area contributed by atoms with Gasteiger partial charge in [-0.3, -0.25) is 10.1 Å². The second-order valence-electron chi connectivity index (χ2n) is 3.28. The van der Waals surface area contributed by atoms with Crippen LogP contribution < -0.4 is 0 Å². The molecule has 0 amide bonds. The molecule has 2 aromatic rings. The van der Waals surface area contributed by atoms with Gasteiger partial charge >= 0.3 is 0 Å². The Labute approximate surface area is 106 Å². The molecule has 0 N–H and O–H groups in total. The van der Waals surface area contributed by atoms with Gasteiger partial charge in [-0.1, -0.05) is 18.2 Å². The van der Waals surface area contributed by atoms with Crippen molar-refractivity contribution in [2.24, 2.45) is 0 Å². The van der Waals surface area contributed by atoms with E-state index in [1.54, 1.807) is 12.1 Å². The van der Waals surface area contributed by atoms with Crippen LogP contribution in [0.4, 0.5) is 5.69 Å². The Morgan fingerprint density at radius 2 is 1.62 bits per heavy atom. The van der Waals surface area contributed by atoms with E-state index in [1.807, 2.05) is 24.3 Å². The van der Waals surface area contributed by atoms with E-state index in [0.29, 0.717) is 0 Å². The zero-order valence-corrected chi connectivity index (χ0v) is 10.4. The van der Waals surface area contributed by atoms with Gasteiger partial charge in [0.05, 0.1) is 4.92 Å². The first-order valence-corrected chi connectivity index (χ1v) is 5.76. The largest absolute Gasteiger partial charge is 0.269 e. The molecule has 0 bridgehead atoms. The molecular weight excluding hydrogens is 317 g/mol. The van der Waals surface area contributed by atoms with Crippen molar-refractivity contribution in [3.8, 4) is 11.1 Å². The third-order valence-corrected chi connectivity index (χ3v) is 3.20. The minimum Gasteiger partial charge on any atom is -0.258 e. The molecule has 0 unspecified atom stereocenters. The summed E-state index contributed by atoms with van der Waals surface area (Å²) in [6.07, 6.45) is 0. The van der Waals surface area contributed by atoms with Crippen molar-refractivity contribution in [1.29, 1.82) is 0 Å². The van der Waals surface area contributed by atoms with Crippen LogP contribution in [0.2, 0.25) is 0 Å². The Kier molecular flexibility index (Phi) is 3.19. The zero-order chi connectivity index (χ0) is 11.5. The predicted molar refractivity (Wildman–Crippen MR) is 71.2 cm³/mol. The van der Waals surface area contributed by atoms with Crippen molar-refractivity contribution >= 4 is 28.3 Å². The van der Waals surface area contributed by atoms with Gasteiger partial charge in [-0.2, -0.15) is 0 Å². The van der Waals surface area contributed by atoms with Crippen LogP contribution in [0.25, 0.3) is 11.1 Å². The number of non-ortho nitro benzene ring substituents is 1. The summed E-state index contributed by atoms with van der Waals surface area (Å²) in [6.45, 7) is 0. The highest BCUT2D eigenvalue weighted by molar-refractivity contribution is 14.1. The van der Waals surface area contributed by atoms with E-state index in [2.05, 4.69) is 22.6 Å². The summed E-state index contributed by atoms with van der Waals surface area (Å²) in [5, 5.41) is 10.5. The topological polar surface area (TPSA) is 43.1 Å². The number of nitro benzene ring substituents is 1. The fourth-order valence-electron chi connectivity index (χ4n) is 1.46. The summed E-state index contributed by atoms with van der Waals surface area (Å²) in [5.41, 5.74) is 2.21. The third kappa shape index (κ3) is 2.21. The van der Waals surface area contributed by atoms with E-state index in [4.69, 9.17) is 0 Å². The summed E-state index contributed by atoms with van der Waals surface area (Å²) in [5.74, 6) is 0. The number of hydrogen-bond donors (Lipinski definition) is 0. The van der Waals surface area contributed by atoms with Gasteiger partial charge in [0.25, 0.3) is 5.69 Å². The van der Waals surface area contributed by atoms with E-state index in [0.717, 1.165) is 14.7 Å². The molecule has 2 aromatic carbocycles. The van der Waals surface area contributed by atoms with Crippen molar-refractivity contribution in [1.82, 2.24) is 0 Å². The maximum absolute atomic E-state index is 10.5. The highest BCUT2D eigenvalue weighted by atomic mass is 127. The van der Waals surface area contributed by atoms with Crippen molar-refractivity contribution in [3.05, 3.63) is 62.2 Å². The van der Waals surface area contributed by atoms with E-state index >= 15 is 0 Å². The summed E-state index contributed by atoms with van der Waals surface area (Å²) >= 11 is 2.25. The van der Waals surface area contributed by atoms with Gasteiger partial charge in [0, 0.05) is 15.7 Å². The Morgan fingerprint density at radius 1 is 1.00 bits per heavy atom. The lowest BCUT2D eigenvalue weighted by Crippen LogP contribution is -1.87. The van der Waals surface area contributed by atoms with Gasteiger partial charge < -0.3 is 0 Å². The van der Waals surface area contributed by atoms with Crippen LogP contribution >= 0.6 is 22.6 Å². The fourth-order valence-corrected chi connectivity index (χ4v) is 2.16. The van der Waals surface area contributed by atoms with Crippen LogP contribution in [0.5, 0.6) is 0 Å². The van der Waals surface area contributed by atoms with Crippen LogP contribution in [0, 0.1) is 13.7 Å². The first-order chi connectivity index (χ1) is 7.68. The molecule has 0 aliphatic carbocycles. The first kappa shape index (κ1) is 11.1. The van der Waals surface area contributed by atoms with Crippen LogP contribution in [0.3, 0.4) is 0 Å². The smallest absolute Gasteiger partial charge is 0.258 e. The molecule has 16 heavy (non-hydrogen) atoms. The molecule has 0 fully saturated rings. The average molecular weight is 325 g/mol. The van der Waals surface area contributed by atoms with Crippen molar-refractivity contribution in [2.75, 3.05) is 0 Å². The number of rotatable bonds is 2. The lowest BCUT2D eigenvalue weighted by molar-refractivity contribution is -0.384. The molecule has 2 rings (SSSR count). The molecule has 80 valence electrons. The predicted octanol–water partition coefficient (Wildman–Crippen LogP) is 3.87. The van der Waals surface area contributed by atoms with Crippen LogP contribution in [-0.4, -0.2) is 4.92 Å². The van der Waals surface area contributed by atoms with Gasteiger partial charge in [-0.25, -0.2) is 0 Å². The quantitative estimate of drug-likeness (QED) is 0.478. The van der Waals surface area contributed by atoms with Gasteiger partial charge in [0.2, 0.25) is 0 Å². The summed E-state index contributed by atoms with van der Waals surface area (Å²) in [7, 11) is 0. The second-order valence-corrected chi connectivity index (χ2v) is 4.45. The molecule has 0 aliphatic rings. The Morgan fingerprint density at radius 3 is 2.19 bits per heavy atom. The molecule has 3 nitrogen and oxygen atoms in total. The number of benzene rings is 2. The molecule has 0 spiro atoms. The van der Waals surface area contributed by atoms with Gasteiger partial charge in [-0.15, -0.1) is 0 Å². The third-order valence-electron chi connectivity index (χ3n) is 2.26. The second kappa shape index (κ2) is 4.61. The minimum absolute atomic E-state index is 0.120. The molecule has 0 aromatic heterocycles. The molecule has 0 aliphatic heterocycles. The van der Waals surface area contributed by atoms with Crippen molar-refractivity contribution in [3.63, 3.8) is 0 Å². The van der Waals surface area contributed by atoms with Crippen molar-refractivity contribution < 1.29 is 4.92 Å². The van der Waals surface area contributed by atoms with Crippen LogP contribution in [-0.2, 0) is 0 Å². The average Bonchev–Trinajstić information content (AvgIpc) is 2.30. The Bertz CT molecular complexity index is 523. The maximum atomic E-state index is 10.5. The number of hydrogen-bond acceptors (Lipinski definition) is 2. The van der Waals surface area contributed by atoms with Gasteiger partial charge in [0.1, 0.15) is 0 Å². The molecule has 0 heterocycles. The zero-order valence-electron chi connectivity index (χ0n) is 8.26. The standard InChI is InChI=1S/C12H8INO2/c13-12-4-2-1-3-11(12)9-5-7-10(8-6-9)14(15)16/h1-8H. The van der Waals surface area contributed by atoms with E-state index in [1.165, 1.54) is 12.1 Å². The number of nitro groups is 1. The molecule has 0 atom stereocenters. The lowest BCUT2D eigenvalue weighted by Gasteiger charge is -2.03. The highest BCUT2D eigenvalue weighted by Crippen LogP contribution is 2.26. The van der Waals surface area contributed by atoms with Gasteiger partial charge in [-0.05, 0) is 51.9 Å². The Hall–Kier alpha value is -1.43.